The lowest BCUT2D eigenvalue weighted by atomic mass is 10.0. The van der Waals surface area contributed by atoms with Crippen LogP contribution in [0, 0.1) is 11.6 Å². The molecule has 0 unspecified atom stereocenters. The SMILES string of the molecule is OC1=C(N2CCC[C@@H]2c2cc(F)ccc2F)NNN1C1=CC=CN(N2CCNCC2)C1. The van der Waals surface area contributed by atoms with Crippen LogP contribution in [0.15, 0.2) is 54.0 Å². The summed E-state index contributed by atoms with van der Waals surface area (Å²) in [6, 6.07) is 3.18. The fourth-order valence-corrected chi connectivity index (χ4v) is 4.63. The number of piperazine rings is 1. The largest absolute Gasteiger partial charge is 0.491 e. The van der Waals surface area contributed by atoms with Gasteiger partial charge in [-0.15, -0.1) is 5.53 Å². The predicted octanol–water partition coefficient (Wildman–Crippen LogP) is 1.64. The second kappa shape index (κ2) is 8.37. The van der Waals surface area contributed by atoms with Crippen LogP contribution in [0.4, 0.5) is 8.78 Å². The van der Waals surface area contributed by atoms with Crippen LogP contribution in [0.1, 0.15) is 24.4 Å². The minimum absolute atomic E-state index is 0.0190. The van der Waals surface area contributed by atoms with E-state index in [1.54, 1.807) is 5.01 Å². The summed E-state index contributed by atoms with van der Waals surface area (Å²) in [7, 11) is 0. The minimum Gasteiger partial charge on any atom is -0.491 e. The molecule has 0 radical (unpaired) electrons. The van der Waals surface area contributed by atoms with Crippen LogP contribution in [-0.4, -0.2) is 64.3 Å². The molecule has 0 spiro atoms. The van der Waals surface area contributed by atoms with Gasteiger partial charge in [-0.25, -0.2) is 18.8 Å². The summed E-state index contributed by atoms with van der Waals surface area (Å²) in [5.74, 6) is -0.415. The highest BCUT2D eigenvalue weighted by atomic mass is 19.1. The highest BCUT2D eigenvalue weighted by molar-refractivity contribution is 5.28. The molecule has 1 aromatic carbocycles. The Balaban J connectivity index is 1.35. The first kappa shape index (κ1) is 20.1. The average molecular weight is 431 g/mol. The van der Waals surface area contributed by atoms with Crippen molar-refractivity contribution in [2.45, 2.75) is 18.9 Å². The lowest BCUT2D eigenvalue weighted by molar-refractivity contribution is 0.00904. The third-order valence-corrected chi connectivity index (χ3v) is 6.18. The van der Waals surface area contributed by atoms with Crippen LogP contribution in [-0.2, 0) is 0 Å². The lowest BCUT2D eigenvalue weighted by Gasteiger charge is -2.39. The Morgan fingerprint density at radius 3 is 2.77 bits per heavy atom. The highest BCUT2D eigenvalue weighted by Crippen LogP contribution is 2.37. The normalized spacial score (nSPS) is 24.8. The molecular weight excluding hydrogens is 404 g/mol. The molecule has 0 amide bonds. The van der Waals surface area contributed by atoms with Gasteiger partial charge in [-0.2, -0.15) is 0 Å². The summed E-state index contributed by atoms with van der Waals surface area (Å²) < 4.78 is 28.2. The van der Waals surface area contributed by atoms with E-state index in [2.05, 4.69) is 26.3 Å². The summed E-state index contributed by atoms with van der Waals surface area (Å²) in [4.78, 5) is 1.90. The molecule has 4 aliphatic rings. The monoisotopic (exact) mass is 431 g/mol. The summed E-state index contributed by atoms with van der Waals surface area (Å²) >= 11 is 0. The van der Waals surface area contributed by atoms with Crippen molar-refractivity contribution in [3.8, 4) is 0 Å². The molecule has 10 heteroatoms. The number of aliphatic hydroxyl groups excluding tert-OH is 1. The van der Waals surface area contributed by atoms with Gasteiger partial charge in [0, 0.05) is 44.5 Å². The summed E-state index contributed by atoms with van der Waals surface area (Å²) in [6.07, 6.45) is 7.43. The maximum atomic E-state index is 14.4. The molecule has 31 heavy (non-hydrogen) atoms. The first-order valence-corrected chi connectivity index (χ1v) is 10.7. The van der Waals surface area contributed by atoms with Gasteiger partial charge in [0.2, 0.25) is 0 Å². The van der Waals surface area contributed by atoms with Crippen LogP contribution in [0.3, 0.4) is 0 Å². The van der Waals surface area contributed by atoms with E-state index in [1.807, 2.05) is 23.3 Å². The summed E-state index contributed by atoms with van der Waals surface area (Å²) in [5, 5.41) is 20.4. The van der Waals surface area contributed by atoms with E-state index < -0.39 is 11.6 Å². The minimum atomic E-state index is -0.465. The number of aliphatic hydroxyl groups is 1. The number of nitrogens with one attached hydrogen (secondary N) is 3. The number of hydrazine groups is 3. The zero-order valence-corrected chi connectivity index (χ0v) is 17.2. The Labute approximate surface area is 180 Å². The Hall–Kier alpha value is -2.82. The summed E-state index contributed by atoms with van der Waals surface area (Å²) in [5.41, 5.74) is 7.22. The van der Waals surface area contributed by atoms with Crippen molar-refractivity contribution in [1.82, 2.24) is 36.2 Å². The van der Waals surface area contributed by atoms with Gasteiger partial charge in [-0.1, -0.05) is 0 Å². The maximum absolute atomic E-state index is 14.4. The van der Waals surface area contributed by atoms with Gasteiger partial charge in [0.1, 0.15) is 11.6 Å². The lowest BCUT2D eigenvalue weighted by Crippen LogP contribution is -2.52. The number of halogens is 2. The number of hydrogen-bond acceptors (Lipinski definition) is 8. The molecular formula is C21H27F2N7O. The molecule has 0 saturated carbocycles. The Morgan fingerprint density at radius 2 is 1.94 bits per heavy atom. The van der Waals surface area contributed by atoms with Crippen molar-refractivity contribution in [1.29, 1.82) is 0 Å². The number of benzene rings is 1. The zero-order chi connectivity index (χ0) is 21.4. The number of likely N-dealkylation sites (tertiary alicyclic amines) is 1. The molecule has 0 bridgehead atoms. The van der Waals surface area contributed by atoms with E-state index in [-0.39, 0.29) is 11.9 Å². The van der Waals surface area contributed by atoms with Crippen molar-refractivity contribution in [3.63, 3.8) is 0 Å². The van der Waals surface area contributed by atoms with Crippen molar-refractivity contribution in [2.75, 3.05) is 39.3 Å². The number of hydrogen-bond donors (Lipinski definition) is 4. The van der Waals surface area contributed by atoms with E-state index in [0.717, 1.165) is 50.4 Å². The molecule has 1 aromatic rings. The Morgan fingerprint density at radius 1 is 1.10 bits per heavy atom. The number of rotatable bonds is 4. The van der Waals surface area contributed by atoms with E-state index in [1.165, 1.54) is 6.07 Å². The smallest absolute Gasteiger partial charge is 0.250 e. The fraction of sp³-hybridized carbons (Fsp3) is 0.429. The van der Waals surface area contributed by atoms with Crippen LogP contribution in [0.5, 0.6) is 0 Å². The van der Waals surface area contributed by atoms with Gasteiger partial charge < -0.3 is 20.3 Å². The highest BCUT2D eigenvalue weighted by Gasteiger charge is 2.37. The topological polar surface area (TPSA) is 69.3 Å². The molecule has 0 aliphatic carbocycles. The maximum Gasteiger partial charge on any atom is 0.250 e. The van der Waals surface area contributed by atoms with Crippen LogP contribution in [0.2, 0.25) is 0 Å². The number of allylic oxidation sites excluding steroid dienone is 2. The van der Waals surface area contributed by atoms with Gasteiger partial charge in [0.15, 0.2) is 5.82 Å². The third kappa shape index (κ3) is 3.82. The average Bonchev–Trinajstić information content (AvgIpc) is 3.42. The Kier molecular flexibility index (Phi) is 5.43. The molecule has 2 fully saturated rings. The molecule has 1 atom stereocenters. The molecule has 0 aromatic heterocycles. The van der Waals surface area contributed by atoms with Gasteiger partial charge in [-0.05, 0) is 43.2 Å². The van der Waals surface area contributed by atoms with Crippen molar-refractivity contribution in [3.05, 3.63) is 71.2 Å². The van der Waals surface area contributed by atoms with Gasteiger partial charge in [0.25, 0.3) is 5.88 Å². The van der Waals surface area contributed by atoms with Crippen LogP contribution >= 0.6 is 0 Å². The third-order valence-electron chi connectivity index (χ3n) is 6.18. The predicted molar refractivity (Wildman–Crippen MR) is 111 cm³/mol. The van der Waals surface area contributed by atoms with E-state index in [4.69, 9.17) is 0 Å². The first-order valence-electron chi connectivity index (χ1n) is 10.7. The molecule has 2 saturated heterocycles. The fourth-order valence-electron chi connectivity index (χ4n) is 4.63. The zero-order valence-electron chi connectivity index (χ0n) is 17.2. The standard InChI is InChI=1S/C21H27F2N7O/c22-15-5-6-18(23)17(13-15)19-4-2-10-29(19)20-21(31)30(26-25-20)16-3-1-9-28(14-16)27-11-7-24-8-12-27/h1,3,5-6,9,13,19,24-26,31H,2,4,7-8,10-12,14H2/t19-/m1/s1. The van der Waals surface area contributed by atoms with Crippen molar-refractivity contribution < 1.29 is 13.9 Å². The first-order chi connectivity index (χ1) is 15.1. The molecule has 4 aliphatic heterocycles. The molecule has 8 nitrogen and oxygen atoms in total. The van der Waals surface area contributed by atoms with Gasteiger partial charge in [0.05, 0.1) is 18.3 Å². The molecule has 4 N–H and O–H groups in total. The van der Waals surface area contributed by atoms with E-state index >= 15 is 0 Å². The second-order valence-electron chi connectivity index (χ2n) is 8.06. The molecule has 5 rings (SSSR count). The quantitative estimate of drug-likeness (QED) is 0.574. The summed E-state index contributed by atoms with van der Waals surface area (Å²) in [6.45, 7) is 4.96. The van der Waals surface area contributed by atoms with Crippen molar-refractivity contribution in [2.24, 2.45) is 0 Å². The Bertz CT molecular complexity index is 928. The second-order valence-corrected chi connectivity index (χ2v) is 8.06. The number of nitrogens with zero attached hydrogens (tertiary/aromatic N) is 4. The molecule has 4 heterocycles. The molecule has 166 valence electrons. The van der Waals surface area contributed by atoms with Gasteiger partial charge >= 0.3 is 0 Å². The van der Waals surface area contributed by atoms with E-state index in [0.29, 0.717) is 30.9 Å². The van der Waals surface area contributed by atoms with Gasteiger partial charge in [-0.3, -0.25) is 5.43 Å². The van der Waals surface area contributed by atoms with Crippen LogP contribution in [0.25, 0.3) is 0 Å². The van der Waals surface area contributed by atoms with Crippen LogP contribution < -0.4 is 16.3 Å². The van der Waals surface area contributed by atoms with E-state index in [9.17, 15) is 13.9 Å². The van der Waals surface area contributed by atoms with Crippen molar-refractivity contribution >= 4 is 0 Å².